The molecule has 0 aromatic heterocycles. The van der Waals surface area contributed by atoms with Gasteiger partial charge in [-0.3, -0.25) is 0 Å². The van der Waals surface area contributed by atoms with Crippen molar-refractivity contribution < 1.29 is 19.3 Å². The fraction of sp³-hybridized carbons (Fsp3) is 0.600. The van der Waals surface area contributed by atoms with Crippen LogP contribution in [0, 0.1) is 0 Å². The smallest absolute Gasteiger partial charge is 0.119 e. The van der Waals surface area contributed by atoms with Crippen molar-refractivity contribution in [1.82, 2.24) is 0 Å². The van der Waals surface area contributed by atoms with Gasteiger partial charge in [0.2, 0.25) is 0 Å². The molecule has 0 radical (unpaired) electrons. The van der Waals surface area contributed by atoms with Crippen molar-refractivity contribution in [2.24, 2.45) is 0 Å². The van der Waals surface area contributed by atoms with E-state index < -0.39 is 0 Å². The van der Waals surface area contributed by atoms with E-state index in [-0.39, 0.29) is 18.3 Å². The summed E-state index contributed by atoms with van der Waals surface area (Å²) in [5, 5.41) is 11.3. The lowest BCUT2D eigenvalue weighted by atomic mass is 9.90. The summed E-state index contributed by atoms with van der Waals surface area (Å²) in [6.45, 7) is 8.96. The summed E-state index contributed by atoms with van der Waals surface area (Å²) in [7, 11) is 0. The Morgan fingerprint density at radius 2 is 0.625 bits per heavy atom. The molecule has 4 aromatic carbocycles. The van der Waals surface area contributed by atoms with Crippen LogP contribution in [0.3, 0.4) is 0 Å². The van der Waals surface area contributed by atoms with Gasteiger partial charge < -0.3 is 19.3 Å². The zero-order chi connectivity index (χ0) is 45.1. The lowest BCUT2D eigenvalue weighted by Crippen LogP contribution is -2.20. The van der Waals surface area contributed by atoms with Gasteiger partial charge >= 0.3 is 0 Å². The van der Waals surface area contributed by atoms with Gasteiger partial charge in [-0.15, -0.1) is 0 Å². The summed E-state index contributed by atoms with van der Waals surface area (Å²) in [6, 6.07) is 36.6. The van der Waals surface area contributed by atoms with E-state index in [4.69, 9.17) is 14.2 Å². The molecular formula is C60H90O4. The summed E-state index contributed by atoms with van der Waals surface area (Å²) < 4.78 is 19.3. The third kappa shape index (κ3) is 24.7. The second kappa shape index (κ2) is 34.8. The van der Waals surface area contributed by atoms with E-state index in [0.29, 0.717) is 12.2 Å². The number of aryl methyl sites for hydroxylation is 3. The molecule has 0 heterocycles. The van der Waals surface area contributed by atoms with Gasteiger partial charge in [-0.05, 0) is 131 Å². The Bertz CT molecular complexity index is 1670. The summed E-state index contributed by atoms with van der Waals surface area (Å²) in [4.78, 5) is 0. The van der Waals surface area contributed by atoms with Crippen LogP contribution in [0.4, 0.5) is 0 Å². The highest BCUT2D eigenvalue weighted by Crippen LogP contribution is 2.30. The summed E-state index contributed by atoms with van der Waals surface area (Å²) in [6.07, 6.45) is 32.7. The van der Waals surface area contributed by atoms with Crippen LogP contribution in [-0.2, 0) is 52.7 Å². The molecule has 0 saturated heterocycles. The Morgan fingerprint density at radius 1 is 0.328 bits per heavy atom. The van der Waals surface area contributed by atoms with Crippen molar-refractivity contribution in [2.75, 3.05) is 19.8 Å². The highest BCUT2D eigenvalue weighted by molar-refractivity contribution is 5.45. The molecule has 3 atom stereocenters. The monoisotopic (exact) mass is 875 g/mol. The van der Waals surface area contributed by atoms with Crippen LogP contribution >= 0.6 is 0 Å². The van der Waals surface area contributed by atoms with Crippen LogP contribution in [0.2, 0.25) is 0 Å². The number of benzene rings is 4. The second-order valence-electron chi connectivity index (χ2n) is 19.0. The van der Waals surface area contributed by atoms with Crippen LogP contribution in [0.1, 0.15) is 189 Å². The minimum absolute atomic E-state index is 0.0324. The van der Waals surface area contributed by atoms with Gasteiger partial charge in [0, 0.05) is 26.2 Å². The van der Waals surface area contributed by atoms with Crippen molar-refractivity contribution in [3.8, 4) is 5.75 Å². The molecule has 4 nitrogen and oxygen atoms in total. The first-order chi connectivity index (χ1) is 31.5. The number of rotatable bonds is 39. The van der Waals surface area contributed by atoms with Gasteiger partial charge in [0.15, 0.2) is 0 Å². The van der Waals surface area contributed by atoms with Gasteiger partial charge in [0.05, 0.1) is 18.3 Å². The number of hydrogen-bond donors (Lipinski definition) is 1. The SMILES string of the molecule is CC(Cc1ccc(O)c(CC(C)OCCCCCCCCCc2ccccc2)c1CC(C)OCCCCCCCCCc1ccccc1)OCCCCCCCCCc1ccccc1. The fourth-order valence-corrected chi connectivity index (χ4v) is 9.20. The normalized spacial score (nSPS) is 13.0. The van der Waals surface area contributed by atoms with Crippen molar-refractivity contribution in [3.63, 3.8) is 0 Å². The average molecular weight is 875 g/mol. The van der Waals surface area contributed by atoms with E-state index >= 15 is 0 Å². The van der Waals surface area contributed by atoms with Crippen molar-refractivity contribution in [2.45, 2.75) is 212 Å². The maximum atomic E-state index is 11.3. The fourth-order valence-electron chi connectivity index (χ4n) is 9.20. The standard InChI is InChI=1S/C60H90O4/c1-51(62-45-31-16-10-4-7-13-22-34-54-37-25-19-26-38-54)48-57-43-44-60(61)59(50-53(3)64-47-33-18-12-6-9-15-24-36-56-41-29-21-30-42-56)58(57)49-52(2)63-46-32-17-11-5-8-14-23-35-55-39-27-20-28-40-55/h19-21,25-30,37-44,51-53,61H,4-18,22-24,31-36,45-50H2,1-3H3. The summed E-state index contributed by atoms with van der Waals surface area (Å²) >= 11 is 0. The molecule has 64 heavy (non-hydrogen) atoms. The van der Waals surface area contributed by atoms with Gasteiger partial charge in [0.25, 0.3) is 0 Å². The van der Waals surface area contributed by atoms with Gasteiger partial charge in [-0.25, -0.2) is 0 Å². The first-order valence-electron chi connectivity index (χ1n) is 26.3. The van der Waals surface area contributed by atoms with Gasteiger partial charge in [-0.1, -0.05) is 193 Å². The largest absolute Gasteiger partial charge is 0.508 e. The molecule has 4 heteroatoms. The van der Waals surface area contributed by atoms with Crippen molar-refractivity contribution in [1.29, 1.82) is 0 Å². The molecule has 0 bridgehead atoms. The molecular weight excluding hydrogens is 785 g/mol. The first-order valence-corrected chi connectivity index (χ1v) is 26.3. The molecule has 354 valence electrons. The summed E-state index contributed by atoms with van der Waals surface area (Å²) in [5.41, 5.74) is 7.90. The molecule has 0 aliphatic carbocycles. The van der Waals surface area contributed by atoms with Gasteiger partial charge in [0.1, 0.15) is 5.75 Å². The van der Waals surface area contributed by atoms with E-state index in [9.17, 15) is 5.11 Å². The molecule has 4 aromatic rings. The van der Waals surface area contributed by atoms with Crippen LogP contribution in [0.15, 0.2) is 103 Å². The third-order valence-corrected chi connectivity index (χ3v) is 13.1. The van der Waals surface area contributed by atoms with Crippen LogP contribution < -0.4 is 0 Å². The Labute approximate surface area is 392 Å². The van der Waals surface area contributed by atoms with Crippen molar-refractivity contribution in [3.05, 3.63) is 137 Å². The molecule has 1 N–H and O–H groups in total. The van der Waals surface area contributed by atoms with E-state index in [1.54, 1.807) is 0 Å². The number of ether oxygens (including phenoxy) is 3. The number of aromatic hydroxyl groups is 1. The molecule has 0 aliphatic rings. The maximum Gasteiger partial charge on any atom is 0.119 e. The first kappa shape index (κ1) is 53.2. The van der Waals surface area contributed by atoms with Crippen LogP contribution in [0.25, 0.3) is 0 Å². The molecule has 4 rings (SSSR count). The summed E-state index contributed by atoms with van der Waals surface area (Å²) in [5.74, 6) is 0.381. The number of unbranched alkanes of at least 4 members (excludes halogenated alkanes) is 18. The Hall–Kier alpha value is -3.44. The lowest BCUT2D eigenvalue weighted by Gasteiger charge is -2.24. The van der Waals surface area contributed by atoms with E-state index in [1.165, 1.54) is 163 Å². The van der Waals surface area contributed by atoms with Crippen molar-refractivity contribution >= 4 is 0 Å². The predicted octanol–water partition coefficient (Wildman–Crippen LogP) is 16.2. The Balaban J connectivity index is 1.16. The lowest BCUT2D eigenvalue weighted by molar-refractivity contribution is 0.0574. The molecule has 0 spiro atoms. The van der Waals surface area contributed by atoms with E-state index in [1.807, 2.05) is 6.07 Å². The van der Waals surface area contributed by atoms with E-state index in [2.05, 4.69) is 118 Å². The zero-order valence-electron chi connectivity index (χ0n) is 40.9. The molecule has 0 aliphatic heterocycles. The molecule has 0 amide bonds. The minimum Gasteiger partial charge on any atom is -0.508 e. The molecule has 0 saturated carbocycles. The maximum absolute atomic E-state index is 11.3. The van der Waals surface area contributed by atoms with E-state index in [0.717, 1.165) is 57.5 Å². The Morgan fingerprint density at radius 3 is 0.984 bits per heavy atom. The quantitative estimate of drug-likeness (QED) is 0.0454. The van der Waals surface area contributed by atoms with Gasteiger partial charge in [-0.2, -0.15) is 0 Å². The number of hydrogen-bond acceptors (Lipinski definition) is 4. The Kier molecular flexibility index (Phi) is 29.0. The molecule has 0 fully saturated rings. The third-order valence-electron chi connectivity index (χ3n) is 13.1. The average Bonchev–Trinajstić information content (AvgIpc) is 3.31. The predicted molar refractivity (Wildman–Crippen MR) is 273 cm³/mol. The highest BCUT2D eigenvalue weighted by atomic mass is 16.5. The number of phenolic OH excluding ortho intramolecular Hbond substituents is 1. The van der Waals surface area contributed by atoms with Crippen LogP contribution in [-0.4, -0.2) is 43.2 Å². The minimum atomic E-state index is 0.0324. The second-order valence-corrected chi connectivity index (χ2v) is 19.0. The topological polar surface area (TPSA) is 47.9 Å². The number of phenols is 1. The molecule has 3 unspecified atom stereocenters. The van der Waals surface area contributed by atoms with Crippen LogP contribution in [0.5, 0.6) is 5.75 Å². The zero-order valence-corrected chi connectivity index (χ0v) is 40.9. The highest BCUT2D eigenvalue weighted by Gasteiger charge is 2.20.